The minimum Gasteiger partial charge on any atom is -0.456 e. The van der Waals surface area contributed by atoms with E-state index in [0.29, 0.717) is 5.56 Å². The lowest BCUT2D eigenvalue weighted by molar-refractivity contribution is -0.00408. The van der Waals surface area contributed by atoms with Gasteiger partial charge in [0.1, 0.15) is 14.0 Å². The number of hydrogen-bond acceptors (Lipinski definition) is 3. The summed E-state index contributed by atoms with van der Waals surface area (Å²) in [5.74, 6) is -0.262. The molecular weight excluding hydrogens is 251 g/mol. The van der Waals surface area contributed by atoms with Gasteiger partial charge in [0, 0.05) is 5.41 Å². The van der Waals surface area contributed by atoms with Crippen molar-refractivity contribution in [2.75, 3.05) is 0 Å². The maximum atomic E-state index is 12.3. The Labute approximate surface area is 122 Å². The van der Waals surface area contributed by atoms with Crippen LogP contribution in [-0.4, -0.2) is 32.0 Å². The molecule has 3 nitrogen and oxygen atoms in total. The minimum absolute atomic E-state index is 0.0578. The lowest BCUT2D eigenvalue weighted by Crippen LogP contribution is -2.41. The van der Waals surface area contributed by atoms with Gasteiger partial charge in [0.2, 0.25) is 0 Å². The molecular formula is C16H23BO3. The van der Waals surface area contributed by atoms with Gasteiger partial charge in [-0.3, -0.25) is 0 Å². The lowest BCUT2D eigenvalue weighted by atomic mass is 9.73. The molecule has 4 heteroatoms. The van der Waals surface area contributed by atoms with Crippen LogP contribution < -0.4 is 0 Å². The second kappa shape index (κ2) is 6.00. The van der Waals surface area contributed by atoms with Crippen LogP contribution in [-0.2, 0) is 9.47 Å². The van der Waals surface area contributed by atoms with Crippen molar-refractivity contribution in [2.24, 2.45) is 5.41 Å². The molecule has 0 bridgehead atoms. The van der Waals surface area contributed by atoms with Crippen molar-refractivity contribution >= 4 is 13.8 Å². The molecule has 2 rings (SSSR count). The first-order valence-electron chi connectivity index (χ1n) is 7.44. The Hall–Kier alpha value is -1.29. The number of carbonyl (C=O) groups excluding carboxylic acids is 1. The number of carbonyl (C=O) groups is 1. The maximum absolute atomic E-state index is 12.3. The highest BCUT2D eigenvalue weighted by Crippen LogP contribution is 2.44. The molecule has 0 saturated carbocycles. The topological polar surface area (TPSA) is 35.5 Å². The summed E-state index contributed by atoms with van der Waals surface area (Å²) >= 11 is 0. The van der Waals surface area contributed by atoms with Crippen LogP contribution in [0.2, 0.25) is 0 Å². The lowest BCUT2D eigenvalue weighted by Gasteiger charge is -2.33. The Morgan fingerprint density at radius 2 is 2.00 bits per heavy atom. The van der Waals surface area contributed by atoms with Crippen LogP contribution >= 0.6 is 0 Å². The maximum Gasteiger partial charge on any atom is 0.338 e. The SMILES string of the molecule is B[C@H]1OC(CC)[C@@](C)(CC)[C@@H]1OC(=O)c1ccccc1. The number of rotatable bonds is 4. The highest BCUT2D eigenvalue weighted by atomic mass is 16.6. The first-order valence-corrected chi connectivity index (χ1v) is 7.44. The van der Waals surface area contributed by atoms with Crippen molar-refractivity contribution in [1.82, 2.24) is 0 Å². The molecule has 1 aromatic carbocycles. The monoisotopic (exact) mass is 274 g/mol. The van der Waals surface area contributed by atoms with E-state index in [1.54, 1.807) is 12.1 Å². The van der Waals surface area contributed by atoms with Crippen LogP contribution in [0, 0.1) is 5.41 Å². The molecule has 0 amide bonds. The average Bonchev–Trinajstić information content (AvgIpc) is 2.72. The molecule has 1 aromatic rings. The average molecular weight is 274 g/mol. The number of esters is 1. The van der Waals surface area contributed by atoms with E-state index in [1.807, 2.05) is 26.0 Å². The Bertz CT molecular complexity index is 462. The van der Waals surface area contributed by atoms with Crippen molar-refractivity contribution in [1.29, 1.82) is 0 Å². The first-order chi connectivity index (χ1) is 9.52. The zero-order valence-electron chi connectivity index (χ0n) is 12.8. The Morgan fingerprint density at radius 3 is 2.55 bits per heavy atom. The van der Waals surface area contributed by atoms with Gasteiger partial charge in [0.15, 0.2) is 0 Å². The van der Waals surface area contributed by atoms with Gasteiger partial charge in [-0.1, -0.05) is 39.0 Å². The van der Waals surface area contributed by atoms with Gasteiger partial charge >= 0.3 is 5.97 Å². The summed E-state index contributed by atoms with van der Waals surface area (Å²) in [5.41, 5.74) is 0.483. The third-order valence-electron chi connectivity index (χ3n) is 4.57. The molecule has 0 aliphatic carbocycles. The summed E-state index contributed by atoms with van der Waals surface area (Å²) < 4.78 is 11.8. The van der Waals surface area contributed by atoms with E-state index in [-0.39, 0.29) is 29.6 Å². The highest BCUT2D eigenvalue weighted by Gasteiger charge is 2.51. The zero-order valence-corrected chi connectivity index (χ0v) is 12.8. The predicted octanol–water partition coefficient (Wildman–Crippen LogP) is 2.40. The van der Waals surface area contributed by atoms with Crippen LogP contribution in [0.15, 0.2) is 30.3 Å². The molecule has 108 valence electrons. The fraction of sp³-hybridized carbons (Fsp3) is 0.562. The summed E-state index contributed by atoms with van der Waals surface area (Å²) in [6.45, 7) is 6.41. The molecule has 4 atom stereocenters. The van der Waals surface area contributed by atoms with Crippen molar-refractivity contribution in [3.63, 3.8) is 0 Å². The van der Waals surface area contributed by atoms with Gasteiger partial charge in [-0.05, 0) is 25.0 Å². The highest BCUT2D eigenvalue weighted by molar-refractivity contribution is 6.12. The predicted molar refractivity (Wildman–Crippen MR) is 81.5 cm³/mol. The van der Waals surface area contributed by atoms with Crippen molar-refractivity contribution in [2.45, 2.75) is 51.8 Å². The summed E-state index contributed by atoms with van der Waals surface area (Å²) in [4.78, 5) is 12.3. The van der Waals surface area contributed by atoms with Crippen LogP contribution in [0.5, 0.6) is 0 Å². The van der Waals surface area contributed by atoms with Crippen molar-refractivity contribution in [3.05, 3.63) is 35.9 Å². The quantitative estimate of drug-likeness (QED) is 0.624. The Kier molecular flexibility index (Phi) is 4.54. The van der Waals surface area contributed by atoms with E-state index in [0.717, 1.165) is 12.8 Å². The van der Waals surface area contributed by atoms with Crippen molar-refractivity contribution in [3.8, 4) is 0 Å². The fourth-order valence-electron chi connectivity index (χ4n) is 3.18. The third kappa shape index (κ3) is 2.62. The van der Waals surface area contributed by atoms with E-state index < -0.39 is 0 Å². The number of ether oxygens (including phenoxy) is 2. The van der Waals surface area contributed by atoms with E-state index in [9.17, 15) is 4.79 Å². The van der Waals surface area contributed by atoms with Crippen LogP contribution in [0.3, 0.4) is 0 Å². The fourth-order valence-corrected chi connectivity index (χ4v) is 3.18. The van der Waals surface area contributed by atoms with Crippen LogP contribution in [0.25, 0.3) is 0 Å². The summed E-state index contributed by atoms with van der Waals surface area (Å²) in [6, 6.07) is 9.09. The second-order valence-electron chi connectivity index (χ2n) is 5.79. The summed E-state index contributed by atoms with van der Waals surface area (Å²) in [7, 11) is 1.99. The molecule has 0 spiro atoms. The van der Waals surface area contributed by atoms with E-state index in [4.69, 9.17) is 9.47 Å². The molecule has 1 aliphatic rings. The second-order valence-corrected chi connectivity index (χ2v) is 5.79. The van der Waals surface area contributed by atoms with Crippen LogP contribution in [0.1, 0.15) is 44.0 Å². The van der Waals surface area contributed by atoms with E-state index >= 15 is 0 Å². The number of benzene rings is 1. The largest absolute Gasteiger partial charge is 0.456 e. The summed E-state index contributed by atoms with van der Waals surface area (Å²) in [5, 5.41) is 0. The van der Waals surface area contributed by atoms with Gasteiger partial charge in [0.05, 0.1) is 17.7 Å². The molecule has 1 fully saturated rings. The van der Waals surface area contributed by atoms with Gasteiger partial charge in [-0.25, -0.2) is 4.79 Å². The number of hydrogen-bond donors (Lipinski definition) is 0. The molecule has 0 radical (unpaired) electrons. The summed E-state index contributed by atoms with van der Waals surface area (Å²) in [6.07, 6.45) is 1.83. The molecule has 0 N–H and O–H groups in total. The van der Waals surface area contributed by atoms with E-state index in [2.05, 4.69) is 20.8 Å². The van der Waals surface area contributed by atoms with Crippen LogP contribution in [0.4, 0.5) is 0 Å². The molecule has 1 unspecified atom stereocenters. The Morgan fingerprint density at radius 1 is 1.35 bits per heavy atom. The zero-order chi connectivity index (χ0) is 14.8. The van der Waals surface area contributed by atoms with Gasteiger partial charge in [-0.2, -0.15) is 0 Å². The molecule has 0 aromatic heterocycles. The molecule has 1 heterocycles. The molecule has 1 saturated heterocycles. The molecule has 20 heavy (non-hydrogen) atoms. The van der Waals surface area contributed by atoms with Gasteiger partial charge in [-0.15, -0.1) is 0 Å². The molecule has 1 aliphatic heterocycles. The Balaban J connectivity index is 2.17. The smallest absolute Gasteiger partial charge is 0.338 e. The van der Waals surface area contributed by atoms with Gasteiger partial charge in [0.25, 0.3) is 0 Å². The standard InChI is InChI=1S/C16H23BO3/c1-4-12-16(3,5-2)13(14(17)19-12)20-15(18)11-9-7-6-8-10-11/h6-10,12-14H,4-5,17H2,1-3H3/t12?,13-,14+,16-/m1/s1. The minimum atomic E-state index is -0.262. The first kappa shape index (κ1) is 15.1. The normalized spacial score (nSPS) is 33.0. The van der Waals surface area contributed by atoms with E-state index in [1.165, 1.54) is 0 Å². The van der Waals surface area contributed by atoms with Gasteiger partial charge < -0.3 is 9.47 Å². The van der Waals surface area contributed by atoms with Crippen molar-refractivity contribution < 1.29 is 14.3 Å². The third-order valence-corrected chi connectivity index (χ3v) is 4.57.